The predicted octanol–water partition coefficient (Wildman–Crippen LogP) is 4.08. The third-order valence-electron chi connectivity index (χ3n) is 4.27. The summed E-state index contributed by atoms with van der Waals surface area (Å²) in [5, 5.41) is 2.68. The molecule has 0 radical (unpaired) electrons. The Morgan fingerprint density at radius 3 is 2.42 bits per heavy atom. The van der Waals surface area contributed by atoms with Crippen molar-refractivity contribution in [3.63, 3.8) is 0 Å². The van der Waals surface area contributed by atoms with Crippen LogP contribution in [0.15, 0.2) is 66.9 Å². The van der Waals surface area contributed by atoms with Crippen LogP contribution in [-0.4, -0.2) is 37.2 Å². The van der Waals surface area contributed by atoms with Crippen LogP contribution in [0.5, 0.6) is 23.1 Å². The Kier molecular flexibility index (Phi) is 7.05. The van der Waals surface area contributed by atoms with Gasteiger partial charge in [-0.1, -0.05) is 18.2 Å². The summed E-state index contributed by atoms with van der Waals surface area (Å²) in [6.07, 6.45) is 0.411. The number of carbonyl (C=O) groups excluding carboxylic acids is 2. The summed E-state index contributed by atoms with van der Waals surface area (Å²) in [4.78, 5) is 29.4. The van der Waals surface area contributed by atoms with Gasteiger partial charge in [0.1, 0.15) is 22.8 Å². The second-order valence-corrected chi connectivity index (χ2v) is 6.37. The summed E-state index contributed by atoms with van der Waals surface area (Å²) in [5.74, 6) is 0.317. The number of amides is 1. The van der Waals surface area contributed by atoms with E-state index in [4.69, 9.17) is 18.9 Å². The van der Waals surface area contributed by atoms with E-state index in [2.05, 4.69) is 10.3 Å². The van der Waals surface area contributed by atoms with Gasteiger partial charge in [0.2, 0.25) is 5.88 Å². The van der Waals surface area contributed by atoms with E-state index in [-0.39, 0.29) is 11.4 Å². The molecular formula is C23H22N2O6. The smallest absolute Gasteiger partial charge is 0.344 e. The number of para-hydroxylation sites is 1. The number of ether oxygens (including phenoxy) is 4. The Morgan fingerprint density at radius 2 is 1.71 bits per heavy atom. The molecule has 1 aromatic heterocycles. The summed E-state index contributed by atoms with van der Waals surface area (Å²) >= 11 is 0. The maximum absolute atomic E-state index is 12.7. The van der Waals surface area contributed by atoms with Crippen LogP contribution >= 0.6 is 0 Å². The molecule has 0 fully saturated rings. The van der Waals surface area contributed by atoms with Crippen molar-refractivity contribution in [1.82, 2.24) is 4.98 Å². The Balaban J connectivity index is 1.70. The number of nitrogens with one attached hydrogen (secondary N) is 1. The molecule has 3 rings (SSSR count). The van der Waals surface area contributed by atoms with Crippen molar-refractivity contribution in [3.05, 3.63) is 72.4 Å². The number of aromatic nitrogens is 1. The van der Waals surface area contributed by atoms with E-state index in [1.807, 2.05) is 6.07 Å². The minimum Gasteiger partial charge on any atom is -0.497 e. The molecule has 0 saturated carbocycles. The van der Waals surface area contributed by atoms with Gasteiger partial charge in [-0.15, -0.1) is 0 Å². The van der Waals surface area contributed by atoms with Crippen LogP contribution in [0.25, 0.3) is 0 Å². The molecule has 1 N–H and O–H groups in total. The number of methoxy groups -OCH3 is 2. The first-order valence-corrected chi connectivity index (χ1v) is 9.43. The van der Waals surface area contributed by atoms with E-state index in [0.717, 1.165) is 0 Å². The molecule has 1 amide bonds. The number of hydrogen-bond donors (Lipinski definition) is 1. The van der Waals surface area contributed by atoms with Crippen LogP contribution in [0.3, 0.4) is 0 Å². The highest BCUT2D eigenvalue weighted by Crippen LogP contribution is 2.29. The minimum absolute atomic E-state index is 0.0840. The van der Waals surface area contributed by atoms with Crippen molar-refractivity contribution >= 4 is 17.6 Å². The first-order chi connectivity index (χ1) is 15.0. The third kappa shape index (κ3) is 5.51. The average Bonchev–Trinajstić information content (AvgIpc) is 2.79. The van der Waals surface area contributed by atoms with E-state index in [9.17, 15) is 9.59 Å². The molecule has 0 aliphatic heterocycles. The normalized spacial score (nSPS) is 11.2. The fourth-order valence-electron chi connectivity index (χ4n) is 2.65. The molecule has 1 heterocycles. The molecule has 0 aliphatic rings. The molecule has 3 aromatic rings. The quantitative estimate of drug-likeness (QED) is 0.547. The van der Waals surface area contributed by atoms with Crippen molar-refractivity contribution in [1.29, 1.82) is 0 Å². The molecule has 2 aromatic carbocycles. The lowest BCUT2D eigenvalue weighted by Crippen LogP contribution is -2.30. The largest absolute Gasteiger partial charge is 0.497 e. The van der Waals surface area contributed by atoms with Crippen molar-refractivity contribution in [2.75, 3.05) is 19.5 Å². The number of carbonyl (C=O) groups is 2. The highest BCUT2D eigenvalue weighted by Gasteiger charge is 2.23. The number of anilines is 1. The molecule has 0 spiro atoms. The topological polar surface area (TPSA) is 96.0 Å². The molecule has 160 valence electrons. The molecule has 1 atom stereocenters. The Morgan fingerprint density at radius 1 is 0.935 bits per heavy atom. The summed E-state index contributed by atoms with van der Waals surface area (Å²) < 4.78 is 21.4. The van der Waals surface area contributed by atoms with E-state index in [0.29, 0.717) is 22.9 Å². The third-order valence-corrected chi connectivity index (χ3v) is 4.27. The van der Waals surface area contributed by atoms with E-state index < -0.39 is 18.0 Å². The van der Waals surface area contributed by atoms with Gasteiger partial charge in [-0.05, 0) is 43.3 Å². The Bertz CT molecular complexity index is 1050. The number of esters is 1. The average molecular weight is 422 g/mol. The second kappa shape index (κ2) is 10.1. The zero-order valence-corrected chi connectivity index (χ0v) is 17.3. The van der Waals surface area contributed by atoms with Gasteiger partial charge >= 0.3 is 5.97 Å². The fourth-order valence-corrected chi connectivity index (χ4v) is 2.65. The maximum atomic E-state index is 12.7. The molecular weight excluding hydrogens is 400 g/mol. The number of hydrogen-bond acceptors (Lipinski definition) is 7. The maximum Gasteiger partial charge on any atom is 0.344 e. The van der Waals surface area contributed by atoms with Crippen molar-refractivity contribution in [2.24, 2.45) is 0 Å². The Labute approximate surface area is 179 Å². The molecule has 0 aliphatic carbocycles. The van der Waals surface area contributed by atoms with Gasteiger partial charge in [0.05, 0.1) is 19.9 Å². The highest BCUT2D eigenvalue weighted by atomic mass is 16.6. The summed E-state index contributed by atoms with van der Waals surface area (Å²) in [7, 11) is 3.00. The number of nitrogens with zero attached hydrogens (tertiary/aromatic N) is 1. The van der Waals surface area contributed by atoms with E-state index >= 15 is 0 Å². The standard InChI is InChI=1S/C23H22N2O6/c1-15(21(26)25-19-14-17(28-2)11-12-20(19)29-3)30-23(27)18-10-7-13-24-22(18)31-16-8-5-4-6-9-16/h4-15H,1-3H3,(H,25,26)/t15-/m0/s1. The molecule has 8 nitrogen and oxygen atoms in total. The summed E-state index contributed by atoms with van der Waals surface area (Å²) in [6, 6.07) is 17.0. The van der Waals surface area contributed by atoms with Crippen LogP contribution in [0, 0.1) is 0 Å². The van der Waals surface area contributed by atoms with Gasteiger partial charge in [0.25, 0.3) is 5.91 Å². The van der Waals surface area contributed by atoms with Gasteiger partial charge in [0, 0.05) is 12.3 Å². The highest BCUT2D eigenvalue weighted by molar-refractivity contribution is 5.99. The molecule has 0 saturated heterocycles. The monoisotopic (exact) mass is 422 g/mol. The number of pyridine rings is 1. The van der Waals surface area contributed by atoms with E-state index in [1.54, 1.807) is 48.5 Å². The van der Waals surface area contributed by atoms with Crippen LogP contribution in [-0.2, 0) is 9.53 Å². The predicted molar refractivity (Wildman–Crippen MR) is 114 cm³/mol. The van der Waals surface area contributed by atoms with Crippen molar-refractivity contribution in [2.45, 2.75) is 13.0 Å². The Hall–Kier alpha value is -4.07. The lowest BCUT2D eigenvalue weighted by atomic mass is 10.2. The molecule has 31 heavy (non-hydrogen) atoms. The second-order valence-electron chi connectivity index (χ2n) is 6.37. The zero-order chi connectivity index (χ0) is 22.2. The molecule has 0 unspecified atom stereocenters. The SMILES string of the molecule is COc1ccc(OC)c(NC(=O)[C@H](C)OC(=O)c2cccnc2Oc2ccccc2)c1. The first-order valence-electron chi connectivity index (χ1n) is 9.43. The van der Waals surface area contributed by atoms with Crippen LogP contribution in [0.1, 0.15) is 17.3 Å². The van der Waals surface area contributed by atoms with Crippen LogP contribution < -0.4 is 19.5 Å². The van der Waals surface area contributed by atoms with Gasteiger partial charge in [0.15, 0.2) is 6.10 Å². The minimum atomic E-state index is -1.09. The van der Waals surface area contributed by atoms with Crippen molar-refractivity contribution in [3.8, 4) is 23.1 Å². The fraction of sp³-hybridized carbons (Fsp3) is 0.174. The van der Waals surface area contributed by atoms with E-state index in [1.165, 1.54) is 33.4 Å². The molecule has 0 bridgehead atoms. The first kappa shape index (κ1) is 21.6. The molecule has 8 heteroatoms. The zero-order valence-electron chi connectivity index (χ0n) is 17.3. The van der Waals surface area contributed by atoms with Gasteiger partial charge in [-0.25, -0.2) is 9.78 Å². The van der Waals surface area contributed by atoms with Gasteiger partial charge in [-0.3, -0.25) is 4.79 Å². The lowest BCUT2D eigenvalue weighted by molar-refractivity contribution is -0.123. The summed E-state index contributed by atoms with van der Waals surface area (Å²) in [5.41, 5.74) is 0.495. The van der Waals surface area contributed by atoms with Gasteiger partial charge < -0.3 is 24.3 Å². The van der Waals surface area contributed by atoms with Crippen molar-refractivity contribution < 1.29 is 28.5 Å². The van der Waals surface area contributed by atoms with Crippen LogP contribution in [0.4, 0.5) is 5.69 Å². The number of benzene rings is 2. The number of rotatable bonds is 8. The summed E-state index contributed by atoms with van der Waals surface area (Å²) in [6.45, 7) is 1.47. The lowest BCUT2D eigenvalue weighted by Gasteiger charge is -2.16. The van der Waals surface area contributed by atoms with Gasteiger partial charge in [-0.2, -0.15) is 0 Å². The van der Waals surface area contributed by atoms with Crippen LogP contribution in [0.2, 0.25) is 0 Å².